The fraction of sp³-hybridized carbons (Fsp3) is 0. The second-order valence-corrected chi connectivity index (χ2v) is 3.85. The van der Waals surface area contributed by atoms with Crippen molar-refractivity contribution in [3.63, 3.8) is 0 Å². The van der Waals surface area contributed by atoms with Gasteiger partial charge in [0.05, 0.1) is 0 Å². The third-order valence-electron chi connectivity index (χ3n) is 2.30. The number of nitrogens with zero attached hydrogens (tertiary/aromatic N) is 1. The minimum absolute atomic E-state index is 0.278. The summed E-state index contributed by atoms with van der Waals surface area (Å²) in [5, 5.41) is 0.669. The summed E-state index contributed by atoms with van der Waals surface area (Å²) >= 11 is 5.81. The van der Waals surface area contributed by atoms with Gasteiger partial charge in [-0.05, 0) is 35.4 Å². The molecule has 0 aliphatic rings. The van der Waals surface area contributed by atoms with E-state index in [1.54, 1.807) is 24.4 Å². The van der Waals surface area contributed by atoms with E-state index in [1.807, 2.05) is 23.6 Å². The van der Waals surface area contributed by atoms with Crippen LogP contribution in [0.5, 0.6) is 0 Å². The Bertz CT molecular complexity index is 540. The van der Waals surface area contributed by atoms with E-state index < -0.39 is 5.91 Å². The van der Waals surface area contributed by atoms with Gasteiger partial charge in [-0.1, -0.05) is 23.7 Å². The van der Waals surface area contributed by atoms with Gasteiger partial charge < -0.3 is 0 Å². The number of pyridine rings is 1. The molecule has 0 bridgehead atoms. The first kappa shape index (κ1) is 11.6. The molecule has 2 rings (SSSR count). The number of nitrogen functional groups attached to an aromatic ring is 1. The topological polar surface area (TPSA) is 68.0 Å². The number of hydrazine groups is 1. The van der Waals surface area contributed by atoms with E-state index in [1.165, 1.54) is 0 Å². The molecule has 1 aromatic carbocycles. The Balaban J connectivity index is 2.39. The van der Waals surface area contributed by atoms with Crippen LogP contribution in [-0.4, -0.2) is 10.9 Å². The fourth-order valence-corrected chi connectivity index (χ4v) is 1.58. The van der Waals surface area contributed by atoms with Gasteiger partial charge in [0.1, 0.15) is 5.69 Å². The molecule has 86 valence electrons. The van der Waals surface area contributed by atoms with Gasteiger partial charge in [0, 0.05) is 11.2 Å². The molecule has 1 heterocycles. The number of rotatable bonds is 2. The SMILES string of the molecule is NNC(=O)c1cc(-c2ccc(Cl)cc2)ccn1. The average molecular weight is 248 g/mol. The first-order chi connectivity index (χ1) is 8.20. The molecule has 0 fully saturated rings. The van der Waals surface area contributed by atoms with E-state index in [-0.39, 0.29) is 5.69 Å². The Morgan fingerprint density at radius 2 is 1.88 bits per heavy atom. The number of carbonyl (C=O) groups excluding carboxylic acids is 1. The molecular formula is C12H10ClN3O. The first-order valence-corrected chi connectivity index (χ1v) is 5.31. The minimum atomic E-state index is -0.416. The summed E-state index contributed by atoms with van der Waals surface area (Å²) in [7, 11) is 0. The smallest absolute Gasteiger partial charge is 0.283 e. The van der Waals surface area contributed by atoms with Gasteiger partial charge in [-0.25, -0.2) is 5.84 Å². The van der Waals surface area contributed by atoms with Crippen molar-refractivity contribution in [3.05, 3.63) is 53.3 Å². The third-order valence-corrected chi connectivity index (χ3v) is 2.55. The lowest BCUT2D eigenvalue weighted by molar-refractivity contribution is 0.0948. The summed E-state index contributed by atoms with van der Waals surface area (Å²) in [4.78, 5) is 15.3. The van der Waals surface area contributed by atoms with Gasteiger partial charge in [-0.15, -0.1) is 0 Å². The normalized spacial score (nSPS) is 10.0. The molecular weight excluding hydrogens is 238 g/mol. The molecule has 1 amide bonds. The number of hydrogen-bond acceptors (Lipinski definition) is 3. The van der Waals surface area contributed by atoms with E-state index in [0.717, 1.165) is 11.1 Å². The maximum absolute atomic E-state index is 11.3. The Labute approximate surface area is 103 Å². The number of carbonyl (C=O) groups is 1. The summed E-state index contributed by atoms with van der Waals surface area (Å²) in [5.41, 5.74) is 4.17. The van der Waals surface area contributed by atoms with Crippen molar-refractivity contribution in [1.29, 1.82) is 0 Å². The van der Waals surface area contributed by atoms with E-state index in [4.69, 9.17) is 17.4 Å². The van der Waals surface area contributed by atoms with Crippen LogP contribution in [-0.2, 0) is 0 Å². The molecule has 0 spiro atoms. The highest BCUT2D eigenvalue weighted by Gasteiger charge is 2.06. The van der Waals surface area contributed by atoms with Crippen molar-refractivity contribution in [2.45, 2.75) is 0 Å². The summed E-state index contributed by atoms with van der Waals surface area (Å²) in [6.07, 6.45) is 1.56. The summed E-state index contributed by atoms with van der Waals surface area (Å²) < 4.78 is 0. The number of nitrogens with one attached hydrogen (secondary N) is 1. The standard InChI is InChI=1S/C12H10ClN3O/c13-10-3-1-8(2-4-10)9-5-6-15-11(7-9)12(17)16-14/h1-7H,14H2,(H,16,17). The number of nitrogens with two attached hydrogens (primary N) is 1. The van der Waals surface area contributed by atoms with Gasteiger partial charge in [0.2, 0.25) is 0 Å². The largest absolute Gasteiger partial charge is 0.289 e. The number of hydrogen-bond donors (Lipinski definition) is 2. The summed E-state index contributed by atoms with van der Waals surface area (Å²) in [6, 6.07) is 10.8. The van der Waals surface area contributed by atoms with Crippen LogP contribution in [0, 0.1) is 0 Å². The van der Waals surface area contributed by atoms with Crippen LogP contribution in [0.25, 0.3) is 11.1 Å². The van der Waals surface area contributed by atoms with Crippen molar-refractivity contribution < 1.29 is 4.79 Å². The zero-order valence-corrected chi connectivity index (χ0v) is 9.61. The van der Waals surface area contributed by atoms with Crippen LogP contribution in [0.15, 0.2) is 42.6 Å². The van der Waals surface area contributed by atoms with Crippen molar-refractivity contribution in [1.82, 2.24) is 10.4 Å². The van der Waals surface area contributed by atoms with Crippen molar-refractivity contribution >= 4 is 17.5 Å². The fourth-order valence-electron chi connectivity index (χ4n) is 1.45. The van der Waals surface area contributed by atoms with Crippen molar-refractivity contribution in [3.8, 4) is 11.1 Å². The number of halogens is 1. The van der Waals surface area contributed by atoms with Crippen LogP contribution in [0.3, 0.4) is 0 Å². The summed E-state index contributed by atoms with van der Waals surface area (Å²) in [5.74, 6) is 4.64. The molecule has 0 aliphatic heterocycles. The second-order valence-electron chi connectivity index (χ2n) is 3.41. The molecule has 1 aromatic heterocycles. The van der Waals surface area contributed by atoms with Gasteiger partial charge in [0.15, 0.2) is 0 Å². The Kier molecular flexibility index (Phi) is 3.37. The van der Waals surface area contributed by atoms with Gasteiger partial charge in [0.25, 0.3) is 5.91 Å². The molecule has 4 nitrogen and oxygen atoms in total. The van der Waals surface area contributed by atoms with Crippen LogP contribution in [0.4, 0.5) is 0 Å². The Morgan fingerprint density at radius 1 is 1.18 bits per heavy atom. The first-order valence-electron chi connectivity index (χ1n) is 4.93. The van der Waals surface area contributed by atoms with Gasteiger partial charge >= 0.3 is 0 Å². The molecule has 5 heteroatoms. The summed E-state index contributed by atoms with van der Waals surface area (Å²) in [6.45, 7) is 0. The number of benzene rings is 1. The molecule has 0 atom stereocenters. The second kappa shape index (κ2) is 4.95. The lowest BCUT2D eigenvalue weighted by Gasteiger charge is -2.04. The lowest BCUT2D eigenvalue weighted by Crippen LogP contribution is -2.30. The number of amides is 1. The predicted octanol–water partition coefficient (Wildman–Crippen LogP) is 2.01. The van der Waals surface area contributed by atoms with Crippen LogP contribution >= 0.6 is 11.6 Å². The molecule has 0 saturated carbocycles. The average Bonchev–Trinajstić information content (AvgIpc) is 2.39. The molecule has 17 heavy (non-hydrogen) atoms. The third kappa shape index (κ3) is 2.61. The number of aromatic nitrogens is 1. The highest BCUT2D eigenvalue weighted by atomic mass is 35.5. The molecule has 0 aliphatic carbocycles. The predicted molar refractivity (Wildman–Crippen MR) is 66.3 cm³/mol. The monoisotopic (exact) mass is 247 g/mol. The molecule has 2 aromatic rings. The van der Waals surface area contributed by atoms with E-state index >= 15 is 0 Å². The van der Waals surface area contributed by atoms with Crippen LogP contribution < -0.4 is 11.3 Å². The molecule has 0 saturated heterocycles. The molecule has 0 radical (unpaired) electrons. The lowest BCUT2D eigenvalue weighted by atomic mass is 10.1. The molecule has 0 unspecified atom stereocenters. The van der Waals surface area contributed by atoms with Crippen molar-refractivity contribution in [2.24, 2.45) is 5.84 Å². The maximum atomic E-state index is 11.3. The zero-order valence-electron chi connectivity index (χ0n) is 8.85. The maximum Gasteiger partial charge on any atom is 0.283 e. The van der Waals surface area contributed by atoms with Crippen molar-refractivity contribution in [2.75, 3.05) is 0 Å². The van der Waals surface area contributed by atoms with E-state index in [2.05, 4.69) is 4.98 Å². The quantitative estimate of drug-likeness (QED) is 0.485. The minimum Gasteiger partial charge on any atom is -0.289 e. The van der Waals surface area contributed by atoms with E-state index in [0.29, 0.717) is 5.02 Å². The van der Waals surface area contributed by atoms with Crippen LogP contribution in [0.2, 0.25) is 5.02 Å². The Morgan fingerprint density at radius 3 is 2.53 bits per heavy atom. The van der Waals surface area contributed by atoms with Crippen LogP contribution in [0.1, 0.15) is 10.5 Å². The van der Waals surface area contributed by atoms with Gasteiger partial charge in [-0.3, -0.25) is 15.2 Å². The molecule has 3 N–H and O–H groups in total. The zero-order chi connectivity index (χ0) is 12.3. The highest BCUT2D eigenvalue weighted by Crippen LogP contribution is 2.21. The van der Waals surface area contributed by atoms with Gasteiger partial charge in [-0.2, -0.15) is 0 Å². The highest BCUT2D eigenvalue weighted by molar-refractivity contribution is 6.30. The Hall–Kier alpha value is -1.91. The van der Waals surface area contributed by atoms with E-state index in [9.17, 15) is 4.79 Å².